The van der Waals surface area contributed by atoms with Crippen molar-refractivity contribution in [3.8, 4) is 0 Å². The minimum atomic E-state index is -0.0487. The molecule has 0 aliphatic rings. The molecule has 2 aromatic carbocycles. The Labute approximate surface area is 156 Å². The molecule has 0 atom stereocenters. The normalized spacial score (nSPS) is 10.6. The van der Waals surface area contributed by atoms with E-state index >= 15 is 0 Å². The van der Waals surface area contributed by atoms with Crippen molar-refractivity contribution in [3.05, 3.63) is 64.2 Å². The average Bonchev–Trinajstić information content (AvgIpc) is 2.58. The maximum atomic E-state index is 12.7. The highest BCUT2D eigenvalue weighted by Crippen LogP contribution is 2.18. The van der Waals surface area contributed by atoms with Crippen molar-refractivity contribution in [3.63, 3.8) is 0 Å². The summed E-state index contributed by atoms with van der Waals surface area (Å²) in [7, 11) is 0. The first kappa shape index (κ1) is 19.3. The molecule has 0 fully saturated rings. The number of nitrogens with one attached hydrogen (secondary N) is 1. The molecule has 0 aliphatic carbocycles. The maximum Gasteiger partial charge on any atom is 0.321 e. The van der Waals surface area contributed by atoms with Crippen LogP contribution in [0.4, 0.5) is 10.5 Å². The van der Waals surface area contributed by atoms with Gasteiger partial charge in [0.1, 0.15) is 0 Å². The molecule has 2 rings (SSSR count). The molecule has 0 saturated heterocycles. The summed E-state index contributed by atoms with van der Waals surface area (Å²) in [5.74, 6) is 0. The van der Waals surface area contributed by atoms with Crippen LogP contribution in [0.1, 0.15) is 36.5 Å². The Bertz CT molecular complexity index is 715. The number of anilines is 1. The van der Waals surface area contributed by atoms with Crippen LogP contribution in [0, 0.1) is 13.8 Å². The number of hydrogen-bond acceptors (Lipinski definition) is 1. The van der Waals surface area contributed by atoms with Crippen LogP contribution in [-0.2, 0) is 6.42 Å². The van der Waals surface area contributed by atoms with Gasteiger partial charge in [0.2, 0.25) is 0 Å². The SMILES string of the molecule is CCCCN(CCc1ccccc1Cl)C(=O)Nc1ccc(C)cc1C. The molecular formula is C21H27ClN2O. The highest BCUT2D eigenvalue weighted by atomic mass is 35.5. The fourth-order valence-electron chi connectivity index (χ4n) is 2.77. The Morgan fingerprint density at radius 2 is 1.88 bits per heavy atom. The Morgan fingerprint density at radius 1 is 1.12 bits per heavy atom. The summed E-state index contributed by atoms with van der Waals surface area (Å²) < 4.78 is 0. The molecule has 0 heterocycles. The van der Waals surface area contributed by atoms with E-state index in [1.165, 1.54) is 5.56 Å². The van der Waals surface area contributed by atoms with E-state index in [1.807, 2.05) is 48.2 Å². The predicted molar refractivity (Wildman–Crippen MR) is 107 cm³/mol. The molecule has 0 saturated carbocycles. The molecule has 0 bridgehead atoms. The van der Waals surface area contributed by atoms with E-state index in [2.05, 4.69) is 25.2 Å². The Morgan fingerprint density at radius 3 is 2.56 bits per heavy atom. The molecule has 1 N–H and O–H groups in total. The third kappa shape index (κ3) is 5.79. The molecule has 3 nitrogen and oxygen atoms in total. The third-order valence-electron chi connectivity index (χ3n) is 4.30. The lowest BCUT2D eigenvalue weighted by atomic mass is 10.1. The number of urea groups is 1. The Kier molecular flexibility index (Phi) is 7.32. The van der Waals surface area contributed by atoms with E-state index < -0.39 is 0 Å². The van der Waals surface area contributed by atoms with E-state index in [0.29, 0.717) is 6.54 Å². The fourth-order valence-corrected chi connectivity index (χ4v) is 3.00. The molecule has 4 heteroatoms. The average molecular weight is 359 g/mol. The van der Waals surface area contributed by atoms with Crippen molar-refractivity contribution in [1.29, 1.82) is 0 Å². The lowest BCUT2D eigenvalue weighted by molar-refractivity contribution is 0.211. The second kappa shape index (κ2) is 9.47. The first-order chi connectivity index (χ1) is 12.0. The molecule has 134 valence electrons. The zero-order valence-corrected chi connectivity index (χ0v) is 16.1. The van der Waals surface area contributed by atoms with Crippen molar-refractivity contribution in [2.75, 3.05) is 18.4 Å². The van der Waals surface area contributed by atoms with Gasteiger partial charge in [0, 0.05) is 23.8 Å². The summed E-state index contributed by atoms with van der Waals surface area (Å²) in [5, 5.41) is 3.81. The number of halogens is 1. The standard InChI is InChI=1S/C21H27ClN2O/c1-4-5-13-24(14-12-18-8-6-7-9-19(18)22)21(25)23-20-11-10-16(2)15-17(20)3/h6-11,15H,4-5,12-14H2,1-3H3,(H,23,25). The van der Waals surface area contributed by atoms with Gasteiger partial charge in [-0.3, -0.25) is 0 Å². The van der Waals surface area contributed by atoms with E-state index in [1.54, 1.807) is 0 Å². The van der Waals surface area contributed by atoms with Crippen LogP contribution in [0.2, 0.25) is 5.02 Å². The van der Waals surface area contributed by atoms with Gasteiger partial charge in [0.15, 0.2) is 0 Å². The first-order valence-electron chi connectivity index (χ1n) is 8.88. The number of nitrogens with zero attached hydrogens (tertiary/aromatic N) is 1. The van der Waals surface area contributed by atoms with Gasteiger partial charge < -0.3 is 10.2 Å². The van der Waals surface area contributed by atoms with Gasteiger partial charge in [-0.1, -0.05) is 60.8 Å². The summed E-state index contributed by atoms with van der Waals surface area (Å²) >= 11 is 6.24. The van der Waals surface area contributed by atoms with Crippen molar-refractivity contribution in [1.82, 2.24) is 4.90 Å². The van der Waals surface area contributed by atoms with Crippen LogP contribution in [0.25, 0.3) is 0 Å². The Balaban J connectivity index is 2.04. The summed E-state index contributed by atoms with van der Waals surface area (Å²) in [6.07, 6.45) is 2.80. The van der Waals surface area contributed by atoms with E-state index in [9.17, 15) is 4.79 Å². The van der Waals surface area contributed by atoms with Crippen LogP contribution in [0.15, 0.2) is 42.5 Å². The highest BCUT2D eigenvalue weighted by molar-refractivity contribution is 6.31. The third-order valence-corrected chi connectivity index (χ3v) is 4.67. The smallest absolute Gasteiger partial charge is 0.321 e. The molecule has 0 radical (unpaired) electrons. The summed E-state index contributed by atoms with van der Waals surface area (Å²) in [4.78, 5) is 14.6. The van der Waals surface area contributed by atoms with Gasteiger partial charge in [-0.25, -0.2) is 4.79 Å². The van der Waals surface area contributed by atoms with Crippen LogP contribution < -0.4 is 5.32 Å². The number of benzene rings is 2. The molecule has 0 spiro atoms. The monoisotopic (exact) mass is 358 g/mol. The summed E-state index contributed by atoms with van der Waals surface area (Å²) in [5.41, 5.74) is 4.21. The number of unbranched alkanes of at least 4 members (excludes halogenated alkanes) is 1. The second-order valence-corrected chi connectivity index (χ2v) is 6.84. The number of hydrogen-bond donors (Lipinski definition) is 1. The highest BCUT2D eigenvalue weighted by Gasteiger charge is 2.14. The molecule has 25 heavy (non-hydrogen) atoms. The fraction of sp³-hybridized carbons (Fsp3) is 0.381. The van der Waals surface area contributed by atoms with Gasteiger partial charge in [-0.05, 0) is 49.9 Å². The topological polar surface area (TPSA) is 32.3 Å². The summed E-state index contributed by atoms with van der Waals surface area (Å²) in [6, 6.07) is 13.8. The van der Waals surface area contributed by atoms with Gasteiger partial charge in [0.05, 0.1) is 0 Å². The van der Waals surface area contributed by atoms with Crippen molar-refractivity contribution in [2.45, 2.75) is 40.0 Å². The van der Waals surface area contributed by atoms with Crippen LogP contribution in [0.5, 0.6) is 0 Å². The number of carbonyl (C=O) groups excluding carboxylic acids is 1. The van der Waals surface area contributed by atoms with Crippen LogP contribution in [0.3, 0.4) is 0 Å². The van der Waals surface area contributed by atoms with Crippen LogP contribution >= 0.6 is 11.6 Å². The van der Waals surface area contributed by atoms with E-state index in [-0.39, 0.29) is 6.03 Å². The minimum Gasteiger partial charge on any atom is -0.324 e. The molecular weight excluding hydrogens is 332 g/mol. The maximum absolute atomic E-state index is 12.7. The van der Waals surface area contributed by atoms with E-state index in [0.717, 1.165) is 47.6 Å². The van der Waals surface area contributed by atoms with Gasteiger partial charge in [-0.2, -0.15) is 0 Å². The number of rotatable bonds is 7. The van der Waals surface area contributed by atoms with Crippen molar-refractivity contribution in [2.24, 2.45) is 0 Å². The zero-order chi connectivity index (χ0) is 18.2. The lowest BCUT2D eigenvalue weighted by Gasteiger charge is -2.24. The lowest BCUT2D eigenvalue weighted by Crippen LogP contribution is -2.37. The van der Waals surface area contributed by atoms with Crippen molar-refractivity contribution < 1.29 is 4.79 Å². The van der Waals surface area contributed by atoms with E-state index in [4.69, 9.17) is 11.6 Å². The largest absolute Gasteiger partial charge is 0.324 e. The van der Waals surface area contributed by atoms with Gasteiger partial charge in [0.25, 0.3) is 0 Å². The minimum absolute atomic E-state index is 0.0487. The summed E-state index contributed by atoms with van der Waals surface area (Å²) in [6.45, 7) is 7.60. The quantitative estimate of drug-likeness (QED) is 0.663. The van der Waals surface area contributed by atoms with Crippen molar-refractivity contribution >= 4 is 23.3 Å². The molecule has 2 aromatic rings. The molecule has 2 amide bonds. The number of amides is 2. The Hall–Kier alpha value is -2.00. The van der Waals surface area contributed by atoms with Gasteiger partial charge >= 0.3 is 6.03 Å². The molecule has 0 unspecified atom stereocenters. The molecule has 0 aliphatic heterocycles. The van der Waals surface area contributed by atoms with Gasteiger partial charge in [-0.15, -0.1) is 0 Å². The number of carbonyl (C=O) groups is 1. The van der Waals surface area contributed by atoms with Crippen LogP contribution in [-0.4, -0.2) is 24.0 Å². The number of aryl methyl sites for hydroxylation is 2. The zero-order valence-electron chi connectivity index (χ0n) is 15.3. The predicted octanol–water partition coefficient (Wildman–Crippen LogP) is 5.83. The second-order valence-electron chi connectivity index (χ2n) is 6.43. The molecule has 0 aromatic heterocycles. The first-order valence-corrected chi connectivity index (χ1v) is 9.25.